The van der Waals surface area contributed by atoms with E-state index >= 15 is 0 Å². The Morgan fingerprint density at radius 2 is 1.96 bits per heavy atom. The molecule has 0 radical (unpaired) electrons. The Bertz CT molecular complexity index is 1140. The number of imidazole rings is 1. The van der Waals surface area contributed by atoms with Crippen molar-refractivity contribution in [2.75, 3.05) is 36.4 Å². The first-order valence-corrected chi connectivity index (χ1v) is 9.82. The predicted octanol–water partition coefficient (Wildman–Crippen LogP) is 4.00. The number of hydrogen-bond acceptors (Lipinski definition) is 5. The van der Waals surface area contributed by atoms with Crippen LogP contribution in [0.3, 0.4) is 0 Å². The Labute approximate surface area is 168 Å². The highest BCUT2D eigenvalue weighted by Crippen LogP contribution is 2.32. The second kappa shape index (κ2) is 6.96. The molecule has 4 aromatic rings. The molecular weight excluding hydrogens is 372 g/mol. The molecule has 1 aliphatic rings. The van der Waals surface area contributed by atoms with Crippen LogP contribution in [0.5, 0.6) is 0 Å². The normalized spacial score (nSPS) is 14.7. The maximum Gasteiger partial charge on any atom is 0.157 e. The fourth-order valence-electron chi connectivity index (χ4n) is 3.77. The van der Waals surface area contributed by atoms with E-state index in [9.17, 15) is 0 Å². The van der Waals surface area contributed by atoms with Gasteiger partial charge < -0.3 is 15.5 Å². The largest absolute Gasteiger partial charge is 0.369 e. The Balaban J connectivity index is 1.64. The third-order valence-electron chi connectivity index (χ3n) is 5.28. The first-order chi connectivity index (χ1) is 13.7. The number of rotatable bonds is 3. The van der Waals surface area contributed by atoms with Crippen molar-refractivity contribution in [3.8, 4) is 0 Å². The second-order valence-electron chi connectivity index (χ2n) is 7.08. The quantitative estimate of drug-likeness (QED) is 0.552. The van der Waals surface area contributed by atoms with Gasteiger partial charge in [-0.15, -0.1) is 0 Å². The van der Waals surface area contributed by atoms with Gasteiger partial charge >= 0.3 is 0 Å². The van der Waals surface area contributed by atoms with Crippen LogP contribution in [0.1, 0.15) is 5.56 Å². The van der Waals surface area contributed by atoms with Crippen LogP contribution in [0, 0.1) is 6.92 Å². The van der Waals surface area contributed by atoms with E-state index < -0.39 is 0 Å². The predicted molar refractivity (Wildman–Crippen MR) is 115 cm³/mol. The van der Waals surface area contributed by atoms with Gasteiger partial charge in [0.25, 0.3) is 0 Å². The smallest absolute Gasteiger partial charge is 0.157 e. The Kier molecular flexibility index (Phi) is 4.30. The fraction of sp³-hybridized carbons (Fsp3) is 0.238. The molecule has 5 rings (SSSR count). The summed E-state index contributed by atoms with van der Waals surface area (Å²) in [4.78, 5) is 11.7. The second-order valence-corrected chi connectivity index (χ2v) is 7.48. The number of anilines is 3. The van der Waals surface area contributed by atoms with Gasteiger partial charge in [0.05, 0.1) is 34.3 Å². The number of hydrogen-bond donors (Lipinski definition) is 2. The first kappa shape index (κ1) is 17.3. The maximum atomic E-state index is 6.42. The van der Waals surface area contributed by atoms with E-state index in [1.165, 1.54) is 5.69 Å². The number of nitrogens with one attached hydrogen (secondary N) is 2. The number of aryl methyl sites for hydroxylation is 1. The van der Waals surface area contributed by atoms with Crippen molar-refractivity contribution >= 4 is 45.3 Å². The molecule has 0 unspecified atom stereocenters. The van der Waals surface area contributed by atoms with Crippen LogP contribution in [0.4, 0.5) is 17.2 Å². The van der Waals surface area contributed by atoms with E-state index in [0.29, 0.717) is 5.02 Å². The van der Waals surface area contributed by atoms with Crippen molar-refractivity contribution in [2.45, 2.75) is 6.92 Å². The van der Waals surface area contributed by atoms with Gasteiger partial charge in [-0.1, -0.05) is 23.7 Å². The van der Waals surface area contributed by atoms with Crippen LogP contribution in [0.2, 0.25) is 5.02 Å². The molecule has 142 valence electrons. The van der Waals surface area contributed by atoms with Crippen LogP contribution in [-0.4, -0.2) is 40.5 Å². The van der Waals surface area contributed by atoms with Gasteiger partial charge in [0.1, 0.15) is 5.52 Å². The van der Waals surface area contributed by atoms with Gasteiger partial charge in [-0.2, -0.15) is 0 Å². The maximum absolute atomic E-state index is 6.42. The molecule has 1 saturated heterocycles. The van der Waals surface area contributed by atoms with Crippen molar-refractivity contribution in [3.05, 3.63) is 59.5 Å². The van der Waals surface area contributed by atoms with E-state index in [2.05, 4.69) is 43.1 Å². The summed E-state index contributed by atoms with van der Waals surface area (Å²) in [7, 11) is 0. The van der Waals surface area contributed by atoms with E-state index in [4.69, 9.17) is 16.6 Å². The zero-order valence-corrected chi connectivity index (χ0v) is 16.4. The van der Waals surface area contributed by atoms with Gasteiger partial charge in [0.15, 0.2) is 5.82 Å². The number of benzene rings is 2. The van der Waals surface area contributed by atoms with Crippen LogP contribution >= 0.6 is 11.6 Å². The van der Waals surface area contributed by atoms with E-state index in [1.807, 2.05) is 37.6 Å². The zero-order valence-electron chi connectivity index (χ0n) is 15.6. The minimum absolute atomic E-state index is 0.675. The topological polar surface area (TPSA) is 57.5 Å². The molecule has 0 saturated carbocycles. The summed E-state index contributed by atoms with van der Waals surface area (Å²) in [5, 5.41) is 7.51. The molecule has 6 nitrogen and oxygen atoms in total. The van der Waals surface area contributed by atoms with Crippen molar-refractivity contribution in [2.24, 2.45) is 0 Å². The molecule has 1 fully saturated rings. The van der Waals surface area contributed by atoms with Crippen LogP contribution in [0.15, 0.2) is 48.9 Å². The summed E-state index contributed by atoms with van der Waals surface area (Å²) >= 11 is 6.42. The molecule has 0 amide bonds. The molecular formula is C21H21ClN6. The van der Waals surface area contributed by atoms with Crippen LogP contribution in [-0.2, 0) is 0 Å². The minimum Gasteiger partial charge on any atom is -0.369 e. The molecule has 0 spiro atoms. The number of halogens is 1. The van der Waals surface area contributed by atoms with Crippen molar-refractivity contribution < 1.29 is 0 Å². The summed E-state index contributed by atoms with van der Waals surface area (Å²) in [5.74, 6) is 0.749. The van der Waals surface area contributed by atoms with Gasteiger partial charge in [-0.05, 0) is 36.8 Å². The highest BCUT2D eigenvalue weighted by atomic mass is 35.5. The third kappa shape index (κ3) is 2.95. The van der Waals surface area contributed by atoms with E-state index in [0.717, 1.165) is 59.8 Å². The number of para-hydroxylation sites is 1. The SMILES string of the molecule is Cc1cccc(Cl)c1Nc1nc2cc(N3CCNCC3)ccc2n2cncc12. The molecule has 7 heteroatoms. The highest BCUT2D eigenvalue weighted by molar-refractivity contribution is 6.33. The summed E-state index contributed by atoms with van der Waals surface area (Å²) in [6, 6.07) is 12.3. The highest BCUT2D eigenvalue weighted by Gasteiger charge is 2.15. The molecule has 2 aromatic carbocycles. The standard InChI is InChI=1S/C21H21ClN6/c1-14-3-2-4-16(22)20(14)26-21-19-12-24-13-28(19)18-6-5-15(11-17(18)25-21)27-9-7-23-8-10-27/h2-6,11-13,23H,7-10H2,1H3,(H,25,26). The number of piperazine rings is 1. The van der Waals surface area contributed by atoms with Crippen LogP contribution < -0.4 is 15.5 Å². The average molecular weight is 393 g/mol. The molecule has 2 aromatic heterocycles. The Morgan fingerprint density at radius 1 is 1.11 bits per heavy atom. The van der Waals surface area contributed by atoms with Gasteiger partial charge in [0.2, 0.25) is 0 Å². The molecule has 2 N–H and O–H groups in total. The molecule has 0 bridgehead atoms. The minimum atomic E-state index is 0.675. The number of nitrogens with zero attached hydrogens (tertiary/aromatic N) is 4. The van der Waals surface area contributed by atoms with E-state index in [-0.39, 0.29) is 0 Å². The lowest BCUT2D eigenvalue weighted by Gasteiger charge is -2.29. The Hall–Kier alpha value is -2.83. The average Bonchev–Trinajstić information content (AvgIpc) is 3.21. The first-order valence-electron chi connectivity index (χ1n) is 9.44. The molecule has 0 atom stereocenters. The van der Waals surface area contributed by atoms with Crippen molar-refractivity contribution in [3.63, 3.8) is 0 Å². The molecule has 1 aliphatic heterocycles. The summed E-state index contributed by atoms with van der Waals surface area (Å²) in [6.07, 6.45) is 3.65. The number of fused-ring (bicyclic) bond motifs is 3. The molecule has 3 heterocycles. The van der Waals surface area contributed by atoms with E-state index in [1.54, 1.807) is 0 Å². The zero-order chi connectivity index (χ0) is 19.1. The Morgan fingerprint density at radius 3 is 2.79 bits per heavy atom. The summed E-state index contributed by atoms with van der Waals surface area (Å²) in [6.45, 7) is 6.05. The monoisotopic (exact) mass is 392 g/mol. The van der Waals surface area contributed by atoms with Crippen LogP contribution in [0.25, 0.3) is 16.6 Å². The number of aromatic nitrogens is 3. The van der Waals surface area contributed by atoms with Gasteiger partial charge in [0, 0.05) is 31.9 Å². The fourth-order valence-corrected chi connectivity index (χ4v) is 4.03. The third-order valence-corrected chi connectivity index (χ3v) is 5.59. The van der Waals surface area contributed by atoms with Gasteiger partial charge in [-0.25, -0.2) is 9.97 Å². The lowest BCUT2D eigenvalue weighted by molar-refractivity contribution is 0.589. The van der Waals surface area contributed by atoms with Crippen molar-refractivity contribution in [1.82, 2.24) is 19.7 Å². The van der Waals surface area contributed by atoms with Crippen molar-refractivity contribution in [1.29, 1.82) is 0 Å². The van der Waals surface area contributed by atoms with Gasteiger partial charge in [-0.3, -0.25) is 4.40 Å². The summed E-state index contributed by atoms with van der Waals surface area (Å²) < 4.78 is 2.07. The molecule has 28 heavy (non-hydrogen) atoms. The summed E-state index contributed by atoms with van der Waals surface area (Å²) in [5.41, 5.74) is 6.02. The lowest BCUT2D eigenvalue weighted by atomic mass is 10.2. The lowest BCUT2D eigenvalue weighted by Crippen LogP contribution is -2.43. The molecule has 0 aliphatic carbocycles.